The third kappa shape index (κ3) is 6.23. The summed E-state index contributed by atoms with van der Waals surface area (Å²) in [5.74, 6) is 1.000. The highest BCUT2D eigenvalue weighted by molar-refractivity contribution is 5.85. The molecular weight excluding hydrogens is 383 g/mol. The highest BCUT2D eigenvalue weighted by Gasteiger charge is 2.37. The fraction of sp³-hybridized carbons (Fsp3) is 0.500. The van der Waals surface area contributed by atoms with Gasteiger partial charge in [0.15, 0.2) is 0 Å². The lowest BCUT2D eigenvalue weighted by Crippen LogP contribution is -2.53. The van der Waals surface area contributed by atoms with Crippen molar-refractivity contribution >= 4 is 30.7 Å². The lowest BCUT2D eigenvalue weighted by Gasteiger charge is -2.37. The van der Waals surface area contributed by atoms with Crippen LogP contribution in [-0.4, -0.2) is 27.5 Å². The lowest BCUT2D eigenvalue weighted by molar-refractivity contribution is -0.128. The molecule has 27 heavy (non-hydrogen) atoms. The molecule has 1 aromatic carbocycles. The van der Waals surface area contributed by atoms with E-state index in [4.69, 9.17) is 5.73 Å². The van der Waals surface area contributed by atoms with E-state index in [1.165, 1.54) is 5.56 Å². The number of aromatic nitrogens is 2. The van der Waals surface area contributed by atoms with Crippen LogP contribution in [0.25, 0.3) is 0 Å². The standard InChI is InChI=1S/C20H28N4O.2ClH/c1-20(21)11-6-5-9-17(20)19(25)23-12-10-18-22-13-14-24(18)15-16-7-3-2-4-8-16;;/h2-4,7-8,13-14,17H,5-6,9-12,15,21H2,1H3,(H,23,25);2*1H. The van der Waals surface area contributed by atoms with Crippen LogP contribution in [0.15, 0.2) is 42.7 Å². The van der Waals surface area contributed by atoms with E-state index in [1.54, 1.807) is 0 Å². The van der Waals surface area contributed by atoms with E-state index in [0.29, 0.717) is 6.54 Å². The number of benzene rings is 1. The predicted molar refractivity (Wildman–Crippen MR) is 114 cm³/mol. The first-order valence-electron chi connectivity index (χ1n) is 9.17. The molecule has 5 nitrogen and oxygen atoms in total. The van der Waals surface area contributed by atoms with Crippen molar-refractivity contribution in [2.24, 2.45) is 11.7 Å². The average Bonchev–Trinajstić information content (AvgIpc) is 3.02. The molecule has 1 aromatic heterocycles. The molecule has 1 amide bonds. The first kappa shape index (κ1) is 23.5. The summed E-state index contributed by atoms with van der Waals surface area (Å²) in [4.78, 5) is 16.9. The Morgan fingerprint density at radius 3 is 2.74 bits per heavy atom. The van der Waals surface area contributed by atoms with Crippen LogP contribution in [0.2, 0.25) is 0 Å². The Bertz CT molecular complexity index is 703. The molecule has 1 heterocycles. The van der Waals surface area contributed by atoms with E-state index in [9.17, 15) is 4.79 Å². The zero-order valence-electron chi connectivity index (χ0n) is 15.8. The molecule has 0 saturated heterocycles. The van der Waals surface area contributed by atoms with Gasteiger partial charge in [0.1, 0.15) is 5.82 Å². The lowest BCUT2D eigenvalue weighted by atomic mass is 9.74. The van der Waals surface area contributed by atoms with Crippen molar-refractivity contribution in [1.82, 2.24) is 14.9 Å². The van der Waals surface area contributed by atoms with Crippen molar-refractivity contribution in [2.45, 2.75) is 51.1 Å². The molecule has 3 N–H and O–H groups in total. The van der Waals surface area contributed by atoms with Gasteiger partial charge in [0, 0.05) is 37.4 Å². The molecule has 0 bridgehead atoms. The topological polar surface area (TPSA) is 72.9 Å². The maximum atomic E-state index is 12.5. The van der Waals surface area contributed by atoms with Crippen molar-refractivity contribution in [1.29, 1.82) is 0 Å². The third-order valence-corrected chi connectivity index (χ3v) is 5.22. The highest BCUT2D eigenvalue weighted by Crippen LogP contribution is 2.31. The summed E-state index contributed by atoms with van der Waals surface area (Å²) in [5, 5.41) is 3.07. The Labute approximate surface area is 173 Å². The molecule has 1 aliphatic rings. The molecule has 0 radical (unpaired) electrons. The Kier molecular flexibility index (Phi) is 9.30. The van der Waals surface area contributed by atoms with E-state index < -0.39 is 0 Å². The highest BCUT2D eigenvalue weighted by atomic mass is 35.5. The second kappa shape index (κ2) is 10.7. The molecule has 7 heteroatoms. The van der Waals surface area contributed by atoms with Gasteiger partial charge in [-0.15, -0.1) is 24.8 Å². The second-order valence-corrected chi connectivity index (χ2v) is 7.30. The van der Waals surface area contributed by atoms with Gasteiger partial charge in [0.25, 0.3) is 0 Å². The van der Waals surface area contributed by atoms with Crippen molar-refractivity contribution in [2.75, 3.05) is 6.54 Å². The molecule has 1 aliphatic carbocycles. The number of hydrogen-bond donors (Lipinski definition) is 2. The smallest absolute Gasteiger partial charge is 0.224 e. The fourth-order valence-electron chi connectivity index (χ4n) is 3.70. The van der Waals surface area contributed by atoms with Crippen molar-refractivity contribution in [3.05, 3.63) is 54.1 Å². The van der Waals surface area contributed by atoms with Crippen LogP contribution in [0.5, 0.6) is 0 Å². The molecule has 2 atom stereocenters. The normalized spacial score (nSPS) is 21.6. The van der Waals surface area contributed by atoms with Gasteiger partial charge in [-0.1, -0.05) is 43.2 Å². The zero-order valence-corrected chi connectivity index (χ0v) is 17.4. The van der Waals surface area contributed by atoms with Crippen molar-refractivity contribution in [3.8, 4) is 0 Å². The van der Waals surface area contributed by atoms with Crippen LogP contribution in [0.4, 0.5) is 0 Å². The van der Waals surface area contributed by atoms with Crippen LogP contribution < -0.4 is 11.1 Å². The summed E-state index contributed by atoms with van der Waals surface area (Å²) < 4.78 is 2.13. The Morgan fingerprint density at radius 1 is 1.30 bits per heavy atom. The summed E-state index contributed by atoms with van der Waals surface area (Å²) in [6.07, 6.45) is 8.55. The van der Waals surface area contributed by atoms with Crippen LogP contribution in [0.3, 0.4) is 0 Å². The Hall–Kier alpha value is -1.56. The Balaban J connectivity index is 0.00000182. The zero-order chi connectivity index (χ0) is 17.7. The number of imidazole rings is 1. The fourth-order valence-corrected chi connectivity index (χ4v) is 3.70. The molecule has 0 spiro atoms. The molecule has 0 aliphatic heterocycles. The second-order valence-electron chi connectivity index (χ2n) is 7.30. The first-order chi connectivity index (χ1) is 12.1. The summed E-state index contributed by atoms with van der Waals surface area (Å²) in [6.45, 7) is 3.40. The van der Waals surface area contributed by atoms with Gasteiger partial charge in [-0.2, -0.15) is 0 Å². The molecule has 2 unspecified atom stereocenters. The van der Waals surface area contributed by atoms with E-state index >= 15 is 0 Å². The summed E-state index contributed by atoms with van der Waals surface area (Å²) in [7, 11) is 0. The number of carbonyl (C=O) groups excluding carboxylic acids is 1. The SMILES string of the molecule is CC1(N)CCCCC1C(=O)NCCc1nccn1Cc1ccccc1.Cl.Cl. The van der Waals surface area contributed by atoms with Crippen LogP contribution in [0.1, 0.15) is 44.0 Å². The average molecular weight is 413 g/mol. The number of nitrogens with one attached hydrogen (secondary N) is 1. The predicted octanol–water partition coefficient (Wildman–Crippen LogP) is 3.34. The van der Waals surface area contributed by atoms with Gasteiger partial charge in [-0.25, -0.2) is 4.98 Å². The molecule has 1 saturated carbocycles. The number of amides is 1. The first-order valence-corrected chi connectivity index (χ1v) is 9.17. The van der Waals surface area contributed by atoms with Gasteiger partial charge in [0.2, 0.25) is 5.91 Å². The van der Waals surface area contributed by atoms with Gasteiger partial charge in [-0.05, 0) is 25.3 Å². The van der Waals surface area contributed by atoms with Gasteiger partial charge >= 0.3 is 0 Å². The number of halogens is 2. The molecule has 150 valence electrons. The van der Waals surface area contributed by atoms with E-state index in [-0.39, 0.29) is 42.2 Å². The Morgan fingerprint density at radius 2 is 2.04 bits per heavy atom. The minimum atomic E-state index is -0.381. The van der Waals surface area contributed by atoms with E-state index in [0.717, 1.165) is 44.5 Å². The maximum absolute atomic E-state index is 12.5. The van der Waals surface area contributed by atoms with Gasteiger partial charge in [-0.3, -0.25) is 4.79 Å². The molecule has 3 rings (SSSR count). The molecular formula is C20H30Cl2N4O. The minimum absolute atomic E-state index is 0. The monoisotopic (exact) mass is 412 g/mol. The van der Waals surface area contributed by atoms with Crippen molar-refractivity contribution in [3.63, 3.8) is 0 Å². The van der Waals surface area contributed by atoms with Crippen LogP contribution >= 0.6 is 24.8 Å². The van der Waals surface area contributed by atoms with E-state index in [1.807, 2.05) is 37.5 Å². The number of nitrogens with zero attached hydrogens (tertiary/aromatic N) is 2. The molecule has 1 fully saturated rings. The third-order valence-electron chi connectivity index (χ3n) is 5.22. The quantitative estimate of drug-likeness (QED) is 0.763. The van der Waals surface area contributed by atoms with Crippen molar-refractivity contribution < 1.29 is 4.79 Å². The number of hydrogen-bond acceptors (Lipinski definition) is 3. The minimum Gasteiger partial charge on any atom is -0.355 e. The van der Waals surface area contributed by atoms with Gasteiger partial charge < -0.3 is 15.6 Å². The van der Waals surface area contributed by atoms with E-state index in [2.05, 4.69) is 27.0 Å². The summed E-state index contributed by atoms with van der Waals surface area (Å²) in [5.41, 5.74) is 7.18. The number of nitrogens with two attached hydrogens (primary N) is 1. The summed E-state index contributed by atoms with van der Waals surface area (Å²) >= 11 is 0. The largest absolute Gasteiger partial charge is 0.355 e. The number of carbonyl (C=O) groups is 1. The summed E-state index contributed by atoms with van der Waals surface area (Å²) in [6, 6.07) is 10.3. The van der Waals surface area contributed by atoms with Crippen LogP contribution in [-0.2, 0) is 17.8 Å². The number of rotatable bonds is 6. The maximum Gasteiger partial charge on any atom is 0.224 e. The molecule has 2 aromatic rings. The van der Waals surface area contributed by atoms with Gasteiger partial charge in [0.05, 0.1) is 5.92 Å². The van der Waals surface area contributed by atoms with Crippen LogP contribution in [0, 0.1) is 5.92 Å².